The molecule has 0 radical (unpaired) electrons. The van der Waals surface area contributed by atoms with E-state index in [2.05, 4.69) is 10.1 Å². The molecule has 4 nitrogen and oxygen atoms in total. The van der Waals surface area contributed by atoms with Gasteiger partial charge in [0.25, 0.3) is 0 Å². The summed E-state index contributed by atoms with van der Waals surface area (Å²) >= 11 is 0. The maximum atomic E-state index is 13.0. The number of alkyl halides is 3. The van der Waals surface area contributed by atoms with Crippen molar-refractivity contribution in [2.24, 2.45) is 7.05 Å². The number of aliphatic hydroxyl groups excluding tert-OH is 1. The van der Waals surface area contributed by atoms with Crippen LogP contribution in [0.1, 0.15) is 23.1 Å². The van der Waals surface area contributed by atoms with Crippen molar-refractivity contribution in [3.63, 3.8) is 0 Å². The molecule has 1 N–H and O–H groups in total. The Morgan fingerprint density at radius 3 is 2.60 bits per heavy atom. The molecule has 0 saturated carbocycles. The van der Waals surface area contributed by atoms with Crippen LogP contribution in [0.4, 0.5) is 17.6 Å². The van der Waals surface area contributed by atoms with Crippen LogP contribution in [0.15, 0.2) is 24.5 Å². The van der Waals surface area contributed by atoms with Crippen molar-refractivity contribution in [1.29, 1.82) is 0 Å². The summed E-state index contributed by atoms with van der Waals surface area (Å²) < 4.78 is 52.8. The van der Waals surface area contributed by atoms with Crippen LogP contribution in [-0.4, -0.2) is 19.9 Å². The number of rotatable bonds is 3. The minimum atomic E-state index is -4.74. The molecular formula is C12H11F4N3O. The van der Waals surface area contributed by atoms with Crippen LogP contribution in [0.25, 0.3) is 0 Å². The molecule has 2 aromatic rings. The van der Waals surface area contributed by atoms with Gasteiger partial charge in [0, 0.05) is 13.5 Å². The smallest absolute Gasteiger partial charge is 0.388 e. The van der Waals surface area contributed by atoms with Crippen LogP contribution < -0.4 is 0 Å². The van der Waals surface area contributed by atoms with Crippen molar-refractivity contribution in [2.45, 2.75) is 18.7 Å². The highest BCUT2D eigenvalue weighted by molar-refractivity contribution is 5.32. The molecule has 0 amide bonds. The molecule has 1 aromatic carbocycles. The van der Waals surface area contributed by atoms with E-state index in [9.17, 15) is 22.7 Å². The number of aromatic nitrogens is 3. The van der Waals surface area contributed by atoms with Crippen LogP contribution in [-0.2, 0) is 19.6 Å². The molecule has 108 valence electrons. The van der Waals surface area contributed by atoms with Gasteiger partial charge in [-0.25, -0.2) is 9.37 Å². The number of hydrogen-bond donors (Lipinski definition) is 1. The highest BCUT2D eigenvalue weighted by atomic mass is 19.4. The van der Waals surface area contributed by atoms with E-state index < -0.39 is 23.7 Å². The zero-order valence-corrected chi connectivity index (χ0v) is 10.4. The monoisotopic (exact) mass is 289 g/mol. The van der Waals surface area contributed by atoms with E-state index in [1.807, 2.05) is 0 Å². The van der Waals surface area contributed by atoms with Gasteiger partial charge >= 0.3 is 6.18 Å². The highest BCUT2D eigenvalue weighted by Gasteiger charge is 2.35. The van der Waals surface area contributed by atoms with Gasteiger partial charge in [-0.15, -0.1) is 0 Å². The first-order valence-corrected chi connectivity index (χ1v) is 5.66. The quantitative estimate of drug-likeness (QED) is 0.882. The van der Waals surface area contributed by atoms with Crippen molar-refractivity contribution in [3.8, 4) is 0 Å². The van der Waals surface area contributed by atoms with Gasteiger partial charge in [0.05, 0.1) is 11.7 Å². The molecule has 0 aliphatic heterocycles. The Bertz CT molecular complexity index is 609. The lowest BCUT2D eigenvalue weighted by molar-refractivity contribution is -0.139. The number of halogens is 4. The Balaban J connectivity index is 2.35. The Morgan fingerprint density at radius 1 is 1.35 bits per heavy atom. The van der Waals surface area contributed by atoms with Crippen LogP contribution in [0.2, 0.25) is 0 Å². The van der Waals surface area contributed by atoms with Crippen molar-refractivity contribution >= 4 is 0 Å². The SMILES string of the molecule is Cn1ncnc1CC(O)c1ccc(F)cc1C(F)(F)F. The molecule has 1 aromatic heterocycles. The second kappa shape index (κ2) is 5.20. The van der Waals surface area contributed by atoms with Gasteiger partial charge in [0.15, 0.2) is 0 Å². The number of aryl methyl sites for hydroxylation is 1. The summed E-state index contributed by atoms with van der Waals surface area (Å²) in [4.78, 5) is 3.83. The normalized spacial score (nSPS) is 13.5. The highest BCUT2D eigenvalue weighted by Crippen LogP contribution is 2.35. The third kappa shape index (κ3) is 2.96. The minimum absolute atomic E-state index is 0.148. The zero-order valence-electron chi connectivity index (χ0n) is 10.4. The number of aliphatic hydroxyl groups is 1. The fourth-order valence-corrected chi connectivity index (χ4v) is 1.85. The first-order valence-electron chi connectivity index (χ1n) is 5.66. The molecule has 0 saturated heterocycles. The van der Waals surface area contributed by atoms with Gasteiger partial charge in [-0.3, -0.25) is 4.68 Å². The van der Waals surface area contributed by atoms with Crippen LogP contribution in [0.3, 0.4) is 0 Å². The standard InChI is InChI=1S/C12H11F4N3O/c1-19-11(17-6-18-19)5-10(20)8-3-2-7(13)4-9(8)12(14,15)16/h2-4,6,10,20H,5H2,1H3. The molecule has 1 unspecified atom stereocenters. The van der Waals surface area contributed by atoms with Crippen molar-refractivity contribution in [2.75, 3.05) is 0 Å². The molecule has 0 bridgehead atoms. The second-order valence-corrected chi connectivity index (χ2v) is 4.25. The first-order chi connectivity index (χ1) is 9.29. The van der Waals surface area contributed by atoms with Crippen LogP contribution in [0.5, 0.6) is 0 Å². The summed E-state index contributed by atoms with van der Waals surface area (Å²) in [5, 5.41) is 13.7. The van der Waals surface area contributed by atoms with E-state index in [4.69, 9.17) is 0 Å². The van der Waals surface area contributed by atoms with Gasteiger partial charge in [-0.05, 0) is 17.7 Å². The van der Waals surface area contributed by atoms with E-state index in [0.29, 0.717) is 11.9 Å². The van der Waals surface area contributed by atoms with E-state index in [1.165, 1.54) is 11.0 Å². The van der Waals surface area contributed by atoms with Gasteiger partial charge in [-0.2, -0.15) is 18.3 Å². The molecule has 0 aliphatic rings. The number of nitrogens with zero attached hydrogens (tertiary/aromatic N) is 3. The topological polar surface area (TPSA) is 50.9 Å². The summed E-state index contributed by atoms with van der Waals surface area (Å²) in [5.41, 5.74) is -1.57. The fourth-order valence-electron chi connectivity index (χ4n) is 1.85. The Hall–Kier alpha value is -1.96. The maximum absolute atomic E-state index is 13.0. The van der Waals surface area contributed by atoms with E-state index >= 15 is 0 Å². The molecule has 2 rings (SSSR count). The molecule has 0 spiro atoms. The summed E-state index contributed by atoms with van der Waals surface area (Å²) in [5.74, 6) is -0.679. The summed E-state index contributed by atoms with van der Waals surface area (Å²) in [6.45, 7) is 0. The minimum Gasteiger partial charge on any atom is -0.388 e. The van der Waals surface area contributed by atoms with E-state index in [1.54, 1.807) is 7.05 Å². The summed E-state index contributed by atoms with van der Waals surface area (Å²) in [6.07, 6.45) is -5.10. The van der Waals surface area contributed by atoms with Crippen LogP contribution >= 0.6 is 0 Å². The average Bonchev–Trinajstić information content (AvgIpc) is 2.73. The zero-order chi connectivity index (χ0) is 14.9. The Kier molecular flexibility index (Phi) is 3.76. The third-order valence-corrected chi connectivity index (χ3v) is 2.86. The molecular weight excluding hydrogens is 278 g/mol. The lowest BCUT2D eigenvalue weighted by Crippen LogP contribution is -2.15. The van der Waals surface area contributed by atoms with Crippen LogP contribution in [0, 0.1) is 5.82 Å². The summed E-state index contributed by atoms with van der Waals surface area (Å²) in [7, 11) is 1.56. The summed E-state index contributed by atoms with van der Waals surface area (Å²) in [6, 6.07) is 2.18. The van der Waals surface area contributed by atoms with Gasteiger partial charge in [0.1, 0.15) is 18.0 Å². The fraction of sp³-hybridized carbons (Fsp3) is 0.333. The molecule has 20 heavy (non-hydrogen) atoms. The lowest BCUT2D eigenvalue weighted by atomic mass is 9.99. The van der Waals surface area contributed by atoms with Crippen molar-refractivity contribution < 1.29 is 22.7 Å². The maximum Gasteiger partial charge on any atom is 0.416 e. The molecule has 0 aliphatic carbocycles. The van der Waals surface area contributed by atoms with Crippen molar-refractivity contribution in [1.82, 2.24) is 14.8 Å². The van der Waals surface area contributed by atoms with Gasteiger partial charge < -0.3 is 5.11 Å². The molecule has 0 fully saturated rings. The number of benzene rings is 1. The van der Waals surface area contributed by atoms with Crippen molar-refractivity contribution in [3.05, 3.63) is 47.3 Å². The van der Waals surface area contributed by atoms with Gasteiger partial charge in [0.2, 0.25) is 0 Å². The average molecular weight is 289 g/mol. The first kappa shape index (κ1) is 14.4. The Morgan fingerprint density at radius 2 is 2.05 bits per heavy atom. The largest absolute Gasteiger partial charge is 0.416 e. The molecule has 8 heteroatoms. The number of hydrogen-bond acceptors (Lipinski definition) is 3. The molecule has 1 heterocycles. The van der Waals surface area contributed by atoms with E-state index in [0.717, 1.165) is 12.1 Å². The van der Waals surface area contributed by atoms with E-state index in [-0.39, 0.29) is 12.0 Å². The third-order valence-electron chi connectivity index (χ3n) is 2.86. The molecule has 1 atom stereocenters. The predicted molar refractivity (Wildman–Crippen MR) is 61.1 cm³/mol. The predicted octanol–water partition coefficient (Wildman–Crippen LogP) is 2.25. The Labute approximate surface area is 111 Å². The lowest BCUT2D eigenvalue weighted by Gasteiger charge is -2.17. The van der Waals surface area contributed by atoms with Gasteiger partial charge in [-0.1, -0.05) is 6.07 Å². The second-order valence-electron chi connectivity index (χ2n) is 4.25.